The number of rotatable bonds is 2. The van der Waals surface area contributed by atoms with Crippen LogP contribution in [-0.4, -0.2) is 18.4 Å². The number of carbonyl (C=O) groups is 2. The number of carboxylic acids is 1. The van der Waals surface area contributed by atoms with Crippen LogP contribution in [0.25, 0.3) is 0 Å². The maximum absolute atomic E-state index is 11.7. The molecule has 1 aromatic carbocycles. The molecule has 0 aliphatic carbocycles. The summed E-state index contributed by atoms with van der Waals surface area (Å²) in [7, 11) is 0. The first-order valence-electron chi connectivity index (χ1n) is 5.16. The zero-order chi connectivity index (χ0) is 11.7. The molecule has 1 aliphatic rings. The lowest BCUT2D eigenvalue weighted by atomic mass is 10.1. The number of aliphatic carboxylic acids is 1. The summed E-state index contributed by atoms with van der Waals surface area (Å²) in [5, 5.41) is 10.7. The maximum Gasteiger partial charge on any atom is 0.227 e. The van der Waals surface area contributed by atoms with Gasteiger partial charge in [0.2, 0.25) is 5.91 Å². The molecule has 84 valence electrons. The predicted octanol–water partition coefficient (Wildman–Crippen LogP) is 0.0978. The van der Waals surface area contributed by atoms with E-state index >= 15 is 0 Å². The van der Waals surface area contributed by atoms with Crippen molar-refractivity contribution < 1.29 is 14.7 Å². The van der Waals surface area contributed by atoms with Gasteiger partial charge < -0.3 is 14.8 Å². The molecule has 1 saturated heterocycles. The van der Waals surface area contributed by atoms with Crippen molar-refractivity contribution in [3.63, 3.8) is 0 Å². The number of hydrogen-bond acceptors (Lipinski definition) is 3. The number of aryl methyl sites for hydroxylation is 1. The number of para-hydroxylation sites is 1. The largest absolute Gasteiger partial charge is 0.550 e. The van der Waals surface area contributed by atoms with Crippen molar-refractivity contribution in [1.82, 2.24) is 0 Å². The van der Waals surface area contributed by atoms with Gasteiger partial charge in [-0.05, 0) is 18.6 Å². The molecule has 16 heavy (non-hydrogen) atoms. The van der Waals surface area contributed by atoms with Gasteiger partial charge in [0.05, 0.1) is 0 Å². The lowest BCUT2D eigenvalue weighted by Gasteiger charge is -2.19. The molecule has 1 aliphatic heterocycles. The summed E-state index contributed by atoms with van der Waals surface area (Å²) in [4.78, 5) is 23.9. The zero-order valence-electron chi connectivity index (χ0n) is 8.97. The molecule has 0 spiro atoms. The molecule has 4 heteroatoms. The quantitative estimate of drug-likeness (QED) is 0.707. The average Bonchev–Trinajstić information content (AvgIpc) is 2.61. The highest BCUT2D eigenvalue weighted by Crippen LogP contribution is 2.27. The van der Waals surface area contributed by atoms with Crippen LogP contribution in [0.15, 0.2) is 24.3 Å². The molecule has 4 nitrogen and oxygen atoms in total. The number of carboxylic acid groups (broad SMARTS) is 1. The Morgan fingerprint density at radius 2 is 2.12 bits per heavy atom. The third-order valence-electron chi connectivity index (χ3n) is 2.86. The monoisotopic (exact) mass is 218 g/mol. The average molecular weight is 218 g/mol. The van der Waals surface area contributed by atoms with Gasteiger partial charge in [-0.1, -0.05) is 18.2 Å². The topological polar surface area (TPSA) is 60.4 Å². The molecule has 1 heterocycles. The maximum atomic E-state index is 11.7. The Morgan fingerprint density at radius 3 is 2.69 bits per heavy atom. The Bertz CT molecular complexity index is 442. The van der Waals surface area contributed by atoms with Crippen molar-refractivity contribution >= 4 is 17.6 Å². The zero-order valence-corrected chi connectivity index (χ0v) is 8.97. The normalized spacial score (nSPS) is 20.2. The molecule has 1 unspecified atom stereocenters. The Kier molecular flexibility index (Phi) is 2.64. The van der Waals surface area contributed by atoms with E-state index < -0.39 is 11.9 Å². The summed E-state index contributed by atoms with van der Waals surface area (Å²) in [5.41, 5.74) is 1.76. The second-order valence-electron chi connectivity index (χ2n) is 4.01. The fourth-order valence-electron chi connectivity index (χ4n) is 1.96. The highest BCUT2D eigenvalue weighted by Gasteiger charge is 2.31. The van der Waals surface area contributed by atoms with Gasteiger partial charge in [-0.15, -0.1) is 0 Å². The highest BCUT2D eigenvalue weighted by atomic mass is 16.4. The molecule has 0 aromatic heterocycles. The van der Waals surface area contributed by atoms with Gasteiger partial charge in [-0.25, -0.2) is 0 Å². The summed E-state index contributed by atoms with van der Waals surface area (Å²) in [5.74, 6) is -1.99. The second-order valence-corrected chi connectivity index (χ2v) is 4.01. The molecule has 0 bridgehead atoms. The van der Waals surface area contributed by atoms with Crippen LogP contribution in [0.5, 0.6) is 0 Å². The third-order valence-corrected chi connectivity index (χ3v) is 2.86. The molecular formula is C12H12NO3-. The van der Waals surface area contributed by atoms with Crippen LogP contribution in [0.3, 0.4) is 0 Å². The Morgan fingerprint density at radius 1 is 1.44 bits per heavy atom. The highest BCUT2D eigenvalue weighted by molar-refractivity contribution is 5.99. The van der Waals surface area contributed by atoms with Crippen LogP contribution < -0.4 is 10.0 Å². The van der Waals surface area contributed by atoms with E-state index in [2.05, 4.69) is 0 Å². The van der Waals surface area contributed by atoms with Crippen LogP contribution >= 0.6 is 0 Å². The van der Waals surface area contributed by atoms with Gasteiger partial charge in [-0.3, -0.25) is 4.79 Å². The first-order valence-corrected chi connectivity index (χ1v) is 5.16. The Balaban J connectivity index is 2.27. The molecule has 1 amide bonds. The van der Waals surface area contributed by atoms with Gasteiger partial charge in [0.1, 0.15) is 0 Å². The van der Waals surface area contributed by atoms with E-state index in [9.17, 15) is 14.7 Å². The van der Waals surface area contributed by atoms with Gasteiger partial charge in [0, 0.05) is 30.5 Å². The minimum atomic E-state index is -1.15. The predicted molar refractivity (Wildman–Crippen MR) is 56.6 cm³/mol. The van der Waals surface area contributed by atoms with E-state index in [1.165, 1.54) is 4.90 Å². The van der Waals surface area contributed by atoms with Gasteiger partial charge in [0.25, 0.3) is 0 Å². The lowest BCUT2D eigenvalue weighted by molar-refractivity contribution is -0.310. The molecule has 1 aromatic rings. The molecule has 0 N–H and O–H groups in total. The Hall–Kier alpha value is -1.84. The first kappa shape index (κ1) is 10.7. The van der Waals surface area contributed by atoms with Crippen LogP contribution in [0.1, 0.15) is 12.0 Å². The van der Waals surface area contributed by atoms with E-state index in [1.54, 1.807) is 0 Å². The summed E-state index contributed by atoms with van der Waals surface area (Å²) >= 11 is 0. The fraction of sp³-hybridized carbons (Fsp3) is 0.333. The van der Waals surface area contributed by atoms with Crippen molar-refractivity contribution in [1.29, 1.82) is 0 Å². The Labute approximate surface area is 93.5 Å². The summed E-state index contributed by atoms with van der Waals surface area (Å²) in [6.45, 7) is 2.11. The molecule has 2 rings (SSSR count). The SMILES string of the molecule is Cc1ccccc1N1CC(C(=O)[O-])CC1=O. The van der Waals surface area contributed by atoms with Crippen molar-refractivity contribution in [3.05, 3.63) is 29.8 Å². The fourth-order valence-corrected chi connectivity index (χ4v) is 1.96. The number of anilines is 1. The standard InChI is InChI=1S/C12H13NO3/c1-8-4-2-3-5-10(8)13-7-9(12(15)16)6-11(13)14/h2-5,9H,6-7H2,1H3,(H,15,16)/p-1. The summed E-state index contributed by atoms with van der Waals surface area (Å²) in [6, 6.07) is 7.44. The first-order chi connectivity index (χ1) is 7.59. The molecule has 1 fully saturated rings. The third kappa shape index (κ3) is 1.78. The van der Waals surface area contributed by atoms with Crippen molar-refractivity contribution in [2.24, 2.45) is 5.92 Å². The van der Waals surface area contributed by atoms with E-state index in [1.807, 2.05) is 31.2 Å². The minimum Gasteiger partial charge on any atom is -0.550 e. The van der Waals surface area contributed by atoms with Crippen LogP contribution in [-0.2, 0) is 9.59 Å². The number of amides is 1. The van der Waals surface area contributed by atoms with Gasteiger partial charge >= 0.3 is 0 Å². The van der Waals surface area contributed by atoms with Crippen LogP contribution in [0.4, 0.5) is 5.69 Å². The van der Waals surface area contributed by atoms with Crippen molar-refractivity contribution in [3.8, 4) is 0 Å². The van der Waals surface area contributed by atoms with Crippen molar-refractivity contribution in [2.75, 3.05) is 11.4 Å². The number of nitrogens with zero attached hydrogens (tertiary/aromatic N) is 1. The van der Waals surface area contributed by atoms with Crippen molar-refractivity contribution in [2.45, 2.75) is 13.3 Å². The summed E-state index contributed by atoms with van der Waals surface area (Å²) in [6.07, 6.45) is 0.0384. The summed E-state index contributed by atoms with van der Waals surface area (Å²) < 4.78 is 0. The molecule has 0 radical (unpaired) electrons. The second kappa shape index (κ2) is 3.96. The number of hydrogen-bond donors (Lipinski definition) is 0. The van der Waals surface area contributed by atoms with E-state index in [0.717, 1.165) is 11.3 Å². The number of benzene rings is 1. The molecule has 0 saturated carbocycles. The van der Waals surface area contributed by atoms with Crippen LogP contribution in [0, 0.1) is 12.8 Å². The van der Waals surface area contributed by atoms with E-state index in [-0.39, 0.29) is 18.9 Å². The minimum absolute atomic E-state index is 0.0384. The van der Waals surface area contributed by atoms with E-state index in [0.29, 0.717) is 0 Å². The van der Waals surface area contributed by atoms with Crippen LogP contribution in [0.2, 0.25) is 0 Å². The van der Waals surface area contributed by atoms with Gasteiger partial charge in [0.15, 0.2) is 0 Å². The molecule has 1 atom stereocenters. The van der Waals surface area contributed by atoms with E-state index in [4.69, 9.17) is 0 Å². The van der Waals surface area contributed by atoms with Gasteiger partial charge in [-0.2, -0.15) is 0 Å². The smallest absolute Gasteiger partial charge is 0.227 e. The molecular weight excluding hydrogens is 206 g/mol. The number of carbonyl (C=O) groups excluding carboxylic acids is 2. The lowest BCUT2D eigenvalue weighted by Crippen LogP contribution is -2.33.